The minimum Gasteiger partial charge on any atom is -0.365 e. The van der Waals surface area contributed by atoms with Gasteiger partial charge < -0.3 is 4.74 Å². The van der Waals surface area contributed by atoms with Crippen LogP contribution in [0.5, 0.6) is 0 Å². The van der Waals surface area contributed by atoms with Gasteiger partial charge in [-0.1, -0.05) is 78.1 Å². The molecule has 0 radical (unpaired) electrons. The molecule has 0 fully saturated rings. The number of alkyl halides is 1. The lowest BCUT2D eigenvalue weighted by Crippen LogP contribution is -2.28. The fourth-order valence-electron chi connectivity index (χ4n) is 1.95. The molecule has 1 unspecified atom stereocenters. The molecule has 0 N–H and O–H groups in total. The minimum absolute atomic E-state index is 0.373. The van der Waals surface area contributed by atoms with Crippen molar-refractivity contribution in [1.29, 1.82) is 0 Å². The maximum Gasteiger partial charge on any atom is 0.101 e. The van der Waals surface area contributed by atoms with Crippen molar-refractivity contribution in [3.8, 4) is 0 Å². The molecular weight excluding hydrogens is 448 g/mol. The summed E-state index contributed by atoms with van der Waals surface area (Å²) in [6.07, 6.45) is 0. The summed E-state index contributed by atoms with van der Waals surface area (Å²) in [6.45, 7) is 2.67. The average molecular weight is 463 g/mol. The molecule has 0 saturated heterocycles. The van der Waals surface area contributed by atoms with Gasteiger partial charge in [0.1, 0.15) is 5.60 Å². The van der Waals surface area contributed by atoms with Crippen LogP contribution in [0, 0.1) is 0 Å². The Balaban J connectivity index is 2.18. The van der Waals surface area contributed by atoms with Gasteiger partial charge in [-0.15, -0.1) is 0 Å². The largest absolute Gasteiger partial charge is 0.365 e. The predicted octanol–water partition coefficient (Wildman–Crippen LogP) is 6.04. The number of halogens is 3. The number of benzene rings is 2. The first-order valence-corrected chi connectivity index (χ1v) is 8.95. The summed E-state index contributed by atoms with van der Waals surface area (Å²) < 4.78 is 8.32. The fourth-order valence-corrected chi connectivity index (χ4v) is 3.56. The Bertz CT molecular complexity index is 585. The van der Waals surface area contributed by atoms with Gasteiger partial charge in [0.25, 0.3) is 0 Å². The van der Waals surface area contributed by atoms with Crippen molar-refractivity contribution in [2.45, 2.75) is 19.1 Å². The van der Waals surface area contributed by atoms with E-state index in [1.54, 1.807) is 0 Å². The molecular formula is C16H15Br3O. The van der Waals surface area contributed by atoms with Crippen molar-refractivity contribution in [1.82, 2.24) is 0 Å². The van der Waals surface area contributed by atoms with E-state index in [1.807, 2.05) is 30.3 Å². The Kier molecular flexibility index (Phi) is 5.84. The number of hydrogen-bond acceptors (Lipinski definition) is 1. The first-order chi connectivity index (χ1) is 9.55. The van der Waals surface area contributed by atoms with Crippen molar-refractivity contribution in [2.24, 2.45) is 0 Å². The van der Waals surface area contributed by atoms with Crippen LogP contribution in [0.4, 0.5) is 0 Å². The lowest BCUT2D eigenvalue weighted by Gasteiger charge is -2.29. The van der Waals surface area contributed by atoms with Crippen LogP contribution in [-0.2, 0) is 16.9 Å². The van der Waals surface area contributed by atoms with E-state index in [2.05, 4.69) is 72.9 Å². The van der Waals surface area contributed by atoms with Crippen LogP contribution in [0.25, 0.3) is 0 Å². The van der Waals surface area contributed by atoms with Gasteiger partial charge in [-0.25, -0.2) is 0 Å². The van der Waals surface area contributed by atoms with Crippen LogP contribution in [0.3, 0.4) is 0 Å². The Hall–Kier alpha value is -0.160. The molecule has 0 amide bonds. The highest BCUT2D eigenvalue weighted by Crippen LogP contribution is 2.34. The second-order valence-corrected chi connectivity index (χ2v) is 7.09. The van der Waals surface area contributed by atoms with Crippen molar-refractivity contribution in [2.75, 3.05) is 5.33 Å². The highest BCUT2D eigenvalue weighted by molar-refractivity contribution is 9.11. The minimum atomic E-state index is -0.373. The van der Waals surface area contributed by atoms with Gasteiger partial charge in [-0.2, -0.15) is 0 Å². The standard InChI is InChI=1S/C16H15Br3O/c1-16(11-17,14-7-2-3-8-15(14)19)20-10-12-5-4-6-13(18)9-12/h2-9H,10-11H2,1H3. The zero-order chi connectivity index (χ0) is 14.6. The molecule has 106 valence electrons. The molecule has 0 spiro atoms. The van der Waals surface area contributed by atoms with Crippen molar-refractivity contribution in [3.05, 3.63) is 68.6 Å². The van der Waals surface area contributed by atoms with E-state index in [9.17, 15) is 0 Å². The SMILES string of the molecule is CC(CBr)(OCc1cccc(Br)c1)c1ccccc1Br. The molecule has 0 aliphatic rings. The van der Waals surface area contributed by atoms with Gasteiger partial charge >= 0.3 is 0 Å². The molecule has 2 rings (SSSR count). The van der Waals surface area contributed by atoms with E-state index in [4.69, 9.17) is 4.74 Å². The Morgan fingerprint density at radius 3 is 2.45 bits per heavy atom. The number of ether oxygens (including phenoxy) is 1. The van der Waals surface area contributed by atoms with Crippen molar-refractivity contribution in [3.63, 3.8) is 0 Å². The number of rotatable bonds is 5. The predicted molar refractivity (Wildman–Crippen MR) is 94.2 cm³/mol. The van der Waals surface area contributed by atoms with Gasteiger partial charge in [0.15, 0.2) is 0 Å². The zero-order valence-electron chi connectivity index (χ0n) is 11.1. The fraction of sp³-hybridized carbons (Fsp3) is 0.250. The summed E-state index contributed by atoms with van der Waals surface area (Å²) in [5.41, 5.74) is 1.92. The molecule has 0 heterocycles. The molecule has 0 bridgehead atoms. The maximum absolute atomic E-state index is 6.19. The van der Waals surface area contributed by atoms with Gasteiger partial charge in [-0.3, -0.25) is 0 Å². The molecule has 0 aliphatic carbocycles. The van der Waals surface area contributed by atoms with Crippen molar-refractivity contribution < 1.29 is 4.74 Å². The first kappa shape index (κ1) is 16.2. The zero-order valence-corrected chi connectivity index (χ0v) is 15.8. The molecule has 2 aromatic rings. The van der Waals surface area contributed by atoms with Crippen LogP contribution < -0.4 is 0 Å². The second kappa shape index (κ2) is 7.21. The quantitative estimate of drug-likeness (QED) is 0.492. The molecule has 0 aliphatic heterocycles. The molecule has 0 saturated carbocycles. The van der Waals surface area contributed by atoms with Crippen LogP contribution in [0.1, 0.15) is 18.1 Å². The second-order valence-electron chi connectivity index (χ2n) is 4.76. The van der Waals surface area contributed by atoms with Gasteiger partial charge in [0.2, 0.25) is 0 Å². The van der Waals surface area contributed by atoms with Gasteiger partial charge in [0.05, 0.1) is 6.61 Å². The van der Waals surface area contributed by atoms with Crippen molar-refractivity contribution >= 4 is 47.8 Å². The molecule has 1 nitrogen and oxygen atoms in total. The average Bonchev–Trinajstić information content (AvgIpc) is 2.45. The first-order valence-electron chi connectivity index (χ1n) is 6.24. The maximum atomic E-state index is 6.19. The summed E-state index contributed by atoms with van der Waals surface area (Å²) in [6, 6.07) is 16.4. The Morgan fingerprint density at radius 1 is 1.05 bits per heavy atom. The van der Waals surface area contributed by atoms with Crippen LogP contribution >= 0.6 is 47.8 Å². The molecule has 0 aromatic heterocycles. The third-order valence-electron chi connectivity index (χ3n) is 3.15. The summed E-state index contributed by atoms with van der Waals surface area (Å²) in [4.78, 5) is 0. The summed E-state index contributed by atoms with van der Waals surface area (Å²) in [7, 11) is 0. The number of hydrogen-bond donors (Lipinski definition) is 0. The van der Waals surface area contributed by atoms with E-state index < -0.39 is 0 Å². The van der Waals surface area contributed by atoms with Crippen LogP contribution in [0.2, 0.25) is 0 Å². The molecule has 1 atom stereocenters. The molecule has 2 aromatic carbocycles. The summed E-state index contributed by atoms with van der Waals surface area (Å²) >= 11 is 10.7. The van der Waals surface area contributed by atoms with Crippen LogP contribution in [-0.4, -0.2) is 5.33 Å². The smallest absolute Gasteiger partial charge is 0.101 e. The third kappa shape index (κ3) is 3.94. The normalized spacial score (nSPS) is 14.0. The van der Waals surface area contributed by atoms with E-state index >= 15 is 0 Å². The monoisotopic (exact) mass is 460 g/mol. The van der Waals surface area contributed by atoms with E-state index in [-0.39, 0.29) is 5.60 Å². The highest BCUT2D eigenvalue weighted by Gasteiger charge is 2.28. The van der Waals surface area contributed by atoms with Gasteiger partial charge in [-0.05, 0) is 36.2 Å². The Morgan fingerprint density at radius 2 is 1.80 bits per heavy atom. The van der Waals surface area contributed by atoms with E-state index in [0.29, 0.717) is 6.61 Å². The summed E-state index contributed by atoms with van der Waals surface area (Å²) in [5, 5.41) is 0.733. The Labute approximate surface area is 145 Å². The molecule has 20 heavy (non-hydrogen) atoms. The lowest BCUT2D eigenvalue weighted by molar-refractivity contribution is -0.0294. The lowest BCUT2D eigenvalue weighted by atomic mass is 9.98. The third-order valence-corrected chi connectivity index (χ3v) is 5.40. The topological polar surface area (TPSA) is 9.23 Å². The van der Waals surface area contributed by atoms with E-state index in [1.165, 1.54) is 0 Å². The van der Waals surface area contributed by atoms with E-state index in [0.717, 1.165) is 25.4 Å². The molecule has 4 heteroatoms. The summed E-state index contributed by atoms with van der Waals surface area (Å²) in [5.74, 6) is 0. The highest BCUT2D eigenvalue weighted by atomic mass is 79.9. The van der Waals surface area contributed by atoms with Gasteiger partial charge in [0, 0.05) is 14.3 Å². The van der Waals surface area contributed by atoms with Crippen LogP contribution in [0.15, 0.2) is 57.5 Å².